The number of urea groups is 2. The van der Waals surface area contributed by atoms with E-state index < -0.39 is 12.1 Å². The smallest absolute Gasteiger partial charge is 0.327 e. The van der Waals surface area contributed by atoms with Crippen LogP contribution in [0.1, 0.15) is 17.3 Å². The summed E-state index contributed by atoms with van der Waals surface area (Å²) in [4.78, 5) is 40.2. The van der Waals surface area contributed by atoms with E-state index in [0.717, 1.165) is 5.39 Å². The highest BCUT2D eigenvalue weighted by molar-refractivity contribution is 6.05. The minimum atomic E-state index is -0.741. The van der Waals surface area contributed by atoms with Crippen LogP contribution in [0.15, 0.2) is 72.9 Å². The second-order valence-corrected chi connectivity index (χ2v) is 7.83. The number of pyridine rings is 1. The first-order valence-electron chi connectivity index (χ1n) is 11.1. The summed E-state index contributed by atoms with van der Waals surface area (Å²) in [6.45, 7) is 1.43. The minimum absolute atomic E-state index is 0.133. The molecule has 37 heavy (non-hydrogen) atoms. The summed E-state index contributed by atoms with van der Waals surface area (Å²) >= 11 is 0. The van der Waals surface area contributed by atoms with Gasteiger partial charge in [0.05, 0.1) is 19.7 Å². The molecule has 0 unspecified atom stereocenters. The molecule has 188 valence electrons. The maximum atomic E-state index is 12.2. The third kappa shape index (κ3) is 6.12. The van der Waals surface area contributed by atoms with Gasteiger partial charge in [0, 0.05) is 34.6 Å². The van der Waals surface area contributed by atoms with Crippen molar-refractivity contribution in [2.75, 3.05) is 24.9 Å². The van der Waals surface area contributed by atoms with E-state index in [0.29, 0.717) is 45.5 Å². The molecule has 10 nitrogen and oxygen atoms in total. The largest absolute Gasteiger partial charge is 0.493 e. The fraction of sp³-hybridized carbons (Fsp3) is 0.111. The van der Waals surface area contributed by atoms with Crippen LogP contribution in [0.2, 0.25) is 0 Å². The number of hydrogen-bond acceptors (Lipinski definition) is 7. The molecule has 0 fully saturated rings. The predicted molar refractivity (Wildman–Crippen MR) is 139 cm³/mol. The number of rotatable bonds is 7. The fourth-order valence-electron chi connectivity index (χ4n) is 3.51. The Morgan fingerprint density at radius 1 is 0.757 bits per heavy atom. The van der Waals surface area contributed by atoms with Crippen LogP contribution in [-0.2, 0) is 0 Å². The standard InChI is InChI=1S/C27H24N4O6/c1-16(32)17-5-4-6-19(13-17)30-27(34)31-26(33)29-18-7-9-20(10-8-18)37-23-11-12-28-22-15-25(36-3)24(35-2)14-21(22)23/h4-15H,1-3H3,(H3,29,30,31,33,34). The molecule has 3 N–H and O–H groups in total. The van der Waals surface area contributed by atoms with E-state index >= 15 is 0 Å². The molecule has 4 aromatic rings. The molecule has 3 aromatic carbocycles. The monoisotopic (exact) mass is 500 g/mol. The number of ether oxygens (including phenoxy) is 3. The Labute approximate surface area is 212 Å². The molecule has 0 saturated heterocycles. The number of nitrogens with zero attached hydrogens (tertiary/aromatic N) is 1. The highest BCUT2D eigenvalue weighted by Crippen LogP contribution is 2.37. The Bertz CT molecular complexity index is 1470. The fourth-order valence-corrected chi connectivity index (χ4v) is 3.51. The number of aromatic nitrogens is 1. The van der Waals surface area contributed by atoms with Gasteiger partial charge in [-0.2, -0.15) is 0 Å². The SMILES string of the molecule is COc1cc2nccc(Oc3ccc(NC(=O)NC(=O)Nc4cccc(C(C)=O)c4)cc3)c2cc1OC. The normalized spacial score (nSPS) is 10.4. The number of fused-ring (bicyclic) bond motifs is 1. The number of methoxy groups -OCH3 is 2. The summed E-state index contributed by atoms with van der Waals surface area (Å²) in [5.41, 5.74) is 1.96. The molecule has 0 radical (unpaired) electrons. The Morgan fingerprint density at radius 2 is 1.43 bits per heavy atom. The Hall–Kier alpha value is -5.12. The van der Waals surface area contributed by atoms with Gasteiger partial charge in [-0.1, -0.05) is 12.1 Å². The molecule has 0 saturated carbocycles. The molecule has 0 aliphatic rings. The first-order chi connectivity index (χ1) is 17.9. The van der Waals surface area contributed by atoms with Gasteiger partial charge in [0.2, 0.25) is 0 Å². The van der Waals surface area contributed by atoms with Crippen LogP contribution in [0.3, 0.4) is 0 Å². The third-order valence-electron chi connectivity index (χ3n) is 5.30. The van der Waals surface area contributed by atoms with Gasteiger partial charge >= 0.3 is 12.1 Å². The van der Waals surface area contributed by atoms with Gasteiger partial charge in [-0.05, 0) is 55.5 Å². The number of anilines is 2. The molecule has 0 spiro atoms. The van der Waals surface area contributed by atoms with Crippen LogP contribution in [0.25, 0.3) is 10.9 Å². The highest BCUT2D eigenvalue weighted by Gasteiger charge is 2.12. The van der Waals surface area contributed by atoms with Gasteiger partial charge in [0.15, 0.2) is 17.3 Å². The molecule has 0 aliphatic heterocycles. The van der Waals surface area contributed by atoms with Crippen molar-refractivity contribution in [2.45, 2.75) is 6.92 Å². The van der Waals surface area contributed by atoms with E-state index in [4.69, 9.17) is 14.2 Å². The maximum Gasteiger partial charge on any atom is 0.327 e. The third-order valence-corrected chi connectivity index (χ3v) is 5.30. The van der Waals surface area contributed by atoms with Crippen molar-refractivity contribution in [1.29, 1.82) is 0 Å². The molecule has 0 bridgehead atoms. The summed E-state index contributed by atoms with van der Waals surface area (Å²) in [6, 6.07) is 16.9. The van der Waals surface area contributed by atoms with Crippen LogP contribution >= 0.6 is 0 Å². The maximum absolute atomic E-state index is 12.2. The van der Waals surface area contributed by atoms with Gasteiger partial charge in [-0.3, -0.25) is 15.1 Å². The molecular formula is C27H24N4O6. The van der Waals surface area contributed by atoms with Crippen LogP contribution in [0.4, 0.5) is 21.0 Å². The lowest BCUT2D eigenvalue weighted by Crippen LogP contribution is -2.37. The lowest BCUT2D eigenvalue weighted by atomic mass is 10.1. The van der Waals surface area contributed by atoms with Crippen molar-refractivity contribution >= 4 is 40.1 Å². The number of Topliss-reactive ketones (excluding diaryl/α,β-unsaturated/α-hetero) is 1. The number of amides is 4. The molecule has 1 heterocycles. The van der Waals surface area contributed by atoms with Gasteiger partial charge in [-0.15, -0.1) is 0 Å². The average Bonchev–Trinajstić information content (AvgIpc) is 2.89. The van der Waals surface area contributed by atoms with Crippen molar-refractivity contribution in [3.05, 3.63) is 78.5 Å². The summed E-state index contributed by atoms with van der Waals surface area (Å²) in [5, 5.41) is 8.00. The summed E-state index contributed by atoms with van der Waals surface area (Å²) in [6.07, 6.45) is 1.63. The number of hydrogen-bond donors (Lipinski definition) is 3. The Morgan fingerprint density at radius 3 is 2.11 bits per heavy atom. The molecular weight excluding hydrogens is 476 g/mol. The average molecular weight is 501 g/mol. The molecule has 0 atom stereocenters. The lowest BCUT2D eigenvalue weighted by Gasteiger charge is -2.13. The van der Waals surface area contributed by atoms with Gasteiger partial charge in [0.25, 0.3) is 0 Å². The minimum Gasteiger partial charge on any atom is -0.493 e. The summed E-state index contributed by atoms with van der Waals surface area (Å²) < 4.78 is 16.7. The van der Waals surface area contributed by atoms with Crippen molar-refractivity contribution in [2.24, 2.45) is 0 Å². The quantitative estimate of drug-likeness (QED) is 0.282. The van der Waals surface area contributed by atoms with E-state index in [1.807, 2.05) is 0 Å². The lowest BCUT2D eigenvalue weighted by molar-refractivity contribution is 0.101. The topological polar surface area (TPSA) is 128 Å². The predicted octanol–water partition coefficient (Wildman–Crippen LogP) is 5.60. The first-order valence-corrected chi connectivity index (χ1v) is 11.1. The van der Waals surface area contributed by atoms with Crippen LogP contribution < -0.4 is 30.2 Å². The first kappa shape index (κ1) is 25.0. The van der Waals surface area contributed by atoms with Crippen molar-refractivity contribution < 1.29 is 28.6 Å². The molecule has 4 rings (SSSR count). The zero-order valence-electron chi connectivity index (χ0n) is 20.3. The van der Waals surface area contributed by atoms with Crippen molar-refractivity contribution in [3.63, 3.8) is 0 Å². The van der Waals surface area contributed by atoms with E-state index in [-0.39, 0.29) is 5.78 Å². The number of ketones is 1. The van der Waals surface area contributed by atoms with Crippen LogP contribution in [-0.4, -0.2) is 37.0 Å². The number of carbonyl (C=O) groups excluding carboxylic acids is 3. The molecule has 4 amide bonds. The second kappa shape index (κ2) is 11.1. The van der Waals surface area contributed by atoms with Crippen LogP contribution in [0.5, 0.6) is 23.0 Å². The van der Waals surface area contributed by atoms with Gasteiger partial charge in [0.1, 0.15) is 11.5 Å². The number of carbonyl (C=O) groups is 3. The van der Waals surface area contributed by atoms with Crippen LogP contribution in [0, 0.1) is 0 Å². The van der Waals surface area contributed by atoms with E-state index in [1.165, 1.54) is 13.0 Å². The number of benzene rings is 3. The molecule has 0 aliphatic carbocycles. The summed E-state index contributed by atoms with van der Waals surface area (Å²) in [5.74, 6) is 2.07. The van der Waals surface area contributed by atoms with E-state index in [9.17, 15) is 14.4 Å². The van der Waals surface area contributed by atoms with Gasteiger partial charge in [-0.25, -0.2) is 9.59 Å². The Balaban J connectivity index is 1.38. The van der Waals surface area contributed by atoms with E-state index in [1.54, 1.807) is 81.1 Å². The van der Waals surface area contributed by atoms with Gasteiger partial charge < -0.3 is 24.8 Å². The van der Waals surface area contributed by atoms with Crippen molar-refractivity contribution in [1.82, 2.24) is 10.3 Å². The molecule has 10 heteroatoms. The zero-order valence-corrected chi connectivity index (χ0v) is 20.3. The zero-order chi connectivity index (χ0) is 26.4. The number of imide groups is 1. The Kier molecular flexibility index (Phi) is 7.48. The second-order valence-electron chi connectivity index (χ2n) is 7.83. The van der Waals surface area contributed by atoms with E-state index in [2.05, 4.69) is 20.9 Å². The highest BCUT2D eigenvalue weighted by atomic mass is 16.5. The summed E-state index contributed by atoms with van der Waals surface area (Å²) in [7, 11) is 3.11. The van der Waals surface area contributed by atoms with Crippen molar-refractivity contribution in [3.8, 4) is 23.0 Å². The molecule has 1 aromatic heterocycles. The number of nitrogens with one attached hydrogen (secondary N) is 3.